The lowest BCUT2D eigenvalue weighted by molar-refractivity contribution is -0.192. The van der Waals surface area contributed by atoms with Crippen LogP contribution >= 0.6 is 0 Å². The third-order valence-corrected chi connectivity index (χ3v) is 5.29. The zero-order chi connectivity index (χ0) is 23.2. The van der Waals surface area contributed by atoms with Gasteiger partial charge in [-0.1, -0.05) is 29.8 Å². The van der Waals surface area contributed by atoms with Gasteiger partial charge in [-0.3, -0.25) is 9.58 Å². The molecule has 1 atom stereocenters. The van der Waals surface area contributed by atoms with Crippen LogP contribution in [0.2, 0.25) is 0 Å². The maximum absolute atomic E-state index is 11.3. The number of sulfonamides is 1. The van der Waals surface area contributed by atoms with Crippen LogP contribution in [0.5, 0.6) is 0 Å². The fraction of sp³-hybridized carbons (Fsp3) is 0.474. The summed E-state index contributed by atoms with van der Waals surface area (Å²) >= 11 is 0. The Hall–Kier alpha value is -2.44. The number of carboxylic acids is 1. The minimum absolute atomic E-state index is 0.184. The predicted molar refractivity (Wildman–Crippen MR) is 108 cm³/mol. The lowest BCUT2D eigenvalue weighted by Gasteiger charge is -2.34. The van der Waals surface area contributed by atoms with Crippen LogP contribution in [0.4, 0.5) is 13.2 Å². The Morgan fingerprint density at radius 2 is 1.87 bits per heavy atom. The van der Waals surface area contributed by atoms with Gasteiger partial charge in [-0.15, -0.1) is 0 Å². The van der Waals surface area contributed by atoms with Crippen molar-refractivity contribution in [2.24, 2.45) is 0 Å². The molecule has 0 saturated heterocycles. The van der Waals surface area contributed by atoms with Crippen LogP contribution in [0.1, 0.15) is 29.3 Å². The Labute approximate surface area is 178 Å². The minimum Gasteiger partial charge on any atom is -0.475 e. The molecule has 1 aromatic heterocycles. The number of alkyl halides is 3. The van der Waals surface area contributed by atoms with Crippen LogP contribution < -0.4 is 4.72 Å². The van der Waals surface area contributed by atoms with Crippen molar-refractivity contribution in [1.29, 1.82) is 0 Å². The summed E-state index contributed by atoms with van der Waals surface area (Å²) in [5, 5.41) is 11.5. The Morgan fingerprint density at radius 3 is 2.42 bits per heavy atom. The molecule has 1 unspecified atom stereocenters. The number of nitrogens with one attached hydrogen (secondary N) is 1. The summed E-state index contributed by atoms with van der Waals surface area (Å²) < 4.78 is 58.9. The van der Waals surface area contributed by atoms with Crippen molar-refractivity contribution in [2.45, 2.75) is 38.7 Å². The van der Waals surface area contributed by atoms with Gasteiger partial charge in [0.1, 0.15) is 0 Å². The first kappa shape index (κ1) is 24.8. The SMILES string of the molecule is Cc1ccc(CN2Cc3ccnn3C(CCNS(C)(=O)=O)C2)cc1.O=C(O)C(F)(F)F. The van der Waals surface area contributed by atoms with Crippen molar-refractivity contribution in [3.8, 4) is 0 Å². The molecule has 8 nitrogen and oxygen atoms in total. The highest BCUT2D eigenvalue weighted by Gasteiger charge is 2.38. The van der Waals surface area contributed by atoms with E-state index >= 15 is 0 Å². The zero-order valence-corrected chi connectivity index (χ0v) is 17.9. The molecule has 1 aliphatic rings. The summed E-state index contributed by atoms with van der Waals surface area (Å²) in [5.74, 6) is -2.76. The van der Waals surface area contributed by atoms with Gasteiger partial charge < -0.3 is 5.11 Å². The van der Waals surface area contributed by atoms with E-state index in [1.165, 1.54) is 23.1 Å². The van der Waals surface area contributed by atoms with Crippen LogP contribution in [0.15, 0.2) is 36.5 Å². The first-order valence-electron chi connectivity index (χ1n) is 9.40. The highest BCUT2D eigenvalue weighted by molar-refractivity contribution is 7.88. The van der Waals surface area contributed by atoms with Gasteiger partial charge in [0.25, 0.3) is 0 Å². The summed E-state index contributed by atoms with van der Waals surface area (Å²) in [6.45, 7) is 5.15. The number of hydrogen-bond donors (Lipinski definition) is 2. The molecule has 0 saturated carbocycles. The summed E-state index contributed by atoms with van der Waals surface area (Å²) in [6.07, 6.45) is -1.34. The second-order valence-corrected chi connectivity index (χ2v) is 9.17. The predicted octanol–water partition coefficient (Wildman–Crippen LogP) is 2.32. The molecular formula is C19H25F3N4O4S. The molecular weight excluding hydrogens is 437 g/mol. The molecule has 0 spiro atoms. The molecule has 3 rings (SSSR count). The molecule has 31 heavy (non-hydrogen) atoms. The van der Waals surface area contributed by atoms with Crippen LogP contribution in [0, 0.1) is 6.92 Å². The third kappa shape index (κ3) is 8.31. The Balaban J connectivity index is 0.000000423. The highest BCUT2D eigenvalue weighted by atomic mass is 32.2. The van der Waals surface area contributed by atoms with Gasteiger partial charge in [0.05, 0.1) is 18.0 Å². The number of carbonyl (C=O) groups is 1. The molecule has 12 heteroatoms. The average molecular weight is 462 g/mol. The minimum atomic E-state index is -5.08. The van der Waals surface area contributed by atoms with Crippen molar-refractivity contribution < 1.29 is 31.5 Å². The first-order chi connectivity index (χ1) is 14.3. The lowest BCUT2D eigenvalue weighted by Crippen LogP contribution is -2.38. The van der Waals surface area contributed by atoms with Crippen molar-refractivity contribution in [2.75, 3.05) is 19.3 Å². The summed E-state index contributed by atoms with van der Waals surface area (Å²) in [4.78, 5) is 11.3. The monoisotopic (exact) mass is 462 g/mol. The van der Waals surface area contributed by atoms with Gasteiger partial charge in [-0.25, -0.2) is 17.9 Å². The number of aryl methyl sites for hydroxylation is 1. The van der Waals surface area contributed by atoms with E-state index in [0.29, 0.717) is 6.54 Å². The molecule has 0 radical (unpaired) electrons. The molecule has 0 bridgehead atoms. The van der Waals surface area contributed by atoms with Crippen LogP contribution in [-0.2, 0) is 27.9 Å². The molecule has 2 aromatic rings. The maximum atomic E-state index is 11.3. The van der Waals surface area contributed by atoms with E-state index in [4.69, 9.17) is 9.90 Å². The van der Waals surface area contributed by atoms with Gasteiger partial charge in [0.15, 0.2) is 0 Å². The summed E-state index contributed by atoms with van der Waals surface area (Å²) in [7, 11) is -3.15. The fourth-order valence-corrected chi connectivity index (χ4v) is 3.65. The number of aliphatic carboxylic acids is 1. The average Bonchev–Trinajstić information content (AvgIpc) is 3.11. The van der Waals surface area contributed by atoms with Crippen LogP contribution in [-0.4, -0.2) is 59.7 Å². The highest BCUT2D eigenvalue weighted by Crippen LogP contribution is 2.24. The number of carboxylic acid groups (broad SMARTS) is 1. The number of aromatic nitrogens is 2. The summed E-state index contributed by atoms with van der Waals surface area (Å²) in [6, 6.07) is 10.8. The largest absolute Gasteiger partial charge is 0.490 e. The van der Waals surface area contributed by atoms with E-state index in [9.17, 15) is 21.6 Å². The molecule has 2 N–H and O–H groups in total. The van der Waals surface area contributed by atoms with Crippen molar-refractivity contribution in [1.82, 2.24) is 19.4 Å². The van der Waals surface area contributed by atoms with E-state index in [2.05, 4.69) is 45.9 Å². The van der Waals surface area contributed by atoms with Gasteiger partial charge in [-0.05, 0) is 25.0 Å². The number of nitrogens with zero attached hydrogens (tertiary/aromatic N) is 3. The second-order valence-electron chi connectivity index (χ2n) is 7.33. The number of rotatable bonds is 6. The lowest BCUT2D eigenvalue weighted by atomic mass is 10.1. The van der Waals surface area contributed by atoms with Crippen molar-refractivity contribution >= 4 is 16.0 Å². The molecule has 1 aromatic carbocycles. The third-order valence-electron chi connectivity index (χ3n) is 4.56. The first-order valence-corrected chi connectivity index (χ1v) is 11.3. The van der Waals surface area contributed by atoms with E-state index < -0.39 is 22.2 Å². The Morgan fingerprint density at radius 1 is 1.26 bits per heavy atom. The topological polar surface area (TPSA) is 105 Å². The second kappa shape index (κ2) is 10.2. The van der Waals surface area contributed by atoms with Gasteiger partial charge >= 0.3 is 12.1 Å². The van der Waals surface area contributed by atoms with E-state index in [0.717, 1.165) is 26.1 Å². The number of halogens is 3. The number of hydrogen-bond acceptors (Lipinski definition) is 5. The van der Waals surface area contributed by atoms with Gasteiger partial charge in [-0.2, -0.15) is 18.3 Å². The van der Waals surface area contributed by atoms with Crippen LogP contribution in [0.25, 0.3) is 0 Å². The molecule has 1 aliphatic heterocycles. The zero-order valence-electron chi connectivity index (χ0n) is 17.1. The van der Waals surface area contributed by atoms with E-state index in [1.807, 2.05) is 16.9 Å². The molecule has 0 amide bonds. The summed E-state index contributed by atoms with van der Waals surface area (Å²) in [5.41, 5.74) is 3.74. The fourth-order valence-electron chi connectivity index (χ4n) is 3.16. The Bertz CT molecular complexity index is 975. The maximum Gasteiger partial charge on any atom is 0.490 e. The van der Waals surface area contributed by atoms with E-state index in [-0.39, 0.29) is 6.04 Å². The molecule has 2 heterocycles. The molecule has 0 aliphatic carbocycles. The molecule has 172 valence electrons. The van der Waals surface area contributed by atoms with Crippen molar-refractivity contribution in [3.05, 3.63) is 53.3 Å². The smallest absolute Gasteiger partial charge is 0.475 e. The Kier molecular flexibility index (Phi) is 8.21. The van der Waals surface area contributed by atoms with Crippen LogP contribution in [0.3, 0.4) is 0 Å². The number of fused-ring (bicyclic) bond motifs is 1. The van der Waals surface area contributed by atoms with Gasteiger partial charge in [0.2, 0.25) is 10.0 Å². The van der Waals surface area contributed by atoms with Crippen molar-refractivity contribution in [3.63, 3.8) is 0 Å². The quantitative estimate of drug-likeness (QED) is 0.683. The van der Waals surface area contributed by atoms with Gasteiger partial charge in [0, 0.05) is 32.4 Å². The standard InChI is InChI=1S/C17H24N4O2S.C2HF3O2/c1-14-3-5-15(6-4-14)11-20-12-16-7-9-18-21(16)17(13-20)8-10-19-24(2,22)23;3-2(4,5)1(6)7/h3-7,9,17,19H,8,10-13H2,1-2H3;(H,6,7). The normalized spacial score (nSPS) is 16.9. The van der Waals surface area contributed by atoms with E-state index in [1.54, 1.807) is 0 Å². The number of benzene rings is 1. The molecule has 0 fully saturated rings.